The van der Waals surface area contributed by atoms with E-state index in [1.165, 1.54) is 61.5 Å². The number of hydrogen-bond donors (Lipinski definition) is 2. The van der Waals surface area contributed by atoms with Crippen LogP contribution in [0, 0.1) is 10.1 Å². The molecule has 1 heterocycles. The lowest BCUT2D eigenvalue weighted by Crippen LogP contribution is -2.14. The number of anilines is 2. The molecular formula is C28H23F3N2O7S. The molecule has 0 aliphatic rings. The number of methoxy groups -OCH3 is 1. The van der Waals surface area contributed by atoms with Crippen LogP contribution in [0.15, 0.2) is 72.8 Å². The summed E-state index contributed by atoms with van der Waals surface area (Å²) in [6.07, 6.45) is -5.72. The Morgan fingerprint density at radius 1 is 1.10 bits per heavy atom. The summed E-state index contributed by atoms with van der Waals surface area (Å²) in [6.45, 7) is 1.54. The third-order valence-electron chi connectivity index (χ3n) is 5.84. The van der Waals surface area contributed by atoms with Crippen LogP contribution < -0.4 is 14.8 Å². The first-order valence-electron chi connectivity index (χ1n) is 12.0. The highest BCUT2D eigenvalue weighted by molar-refractivity contribution is 7.18. The third-order valence-corrected chi connectivity index (χ3v) is 6.85. The number of carbonyl (C=O) groups excluding carboxylic acids is 1. The molecule has 214 valence electrons. The van der Waals surface area contributed by atoms with Crippen LogP contribution in [0.1, 0.15) is 39.4 Å². The predicted molar refractivity (Wildman–Crippen MR) is 145 cm³/mol. The Morgan fingerprint density at radius 2 is 1.80 bits per heavy atom. The van der Waals surface area contributed by atoms with Gasteiger partial charge in [-0.1, -0.05) is 30.3 Å². The molecule has 0 aliphatic carbocycles. The van der Waals surface area contributed by atoms with Gasteiger partial charge in [-0.25, -0.2) is 4.79 Å². The number of phenolic OH excluding ortho intramolecular Hbond substituents is 1. The summed E-state index contributed by atoms with van der Waals surface area (Å²) in [5.74, 6) is -0.462. The minimum atomic E-state index is -4.62. The maximum atomic E-state index is 13.5. The number of phenols is 1. The van der Waals surface area contributed by atoms with Gasteiger partial charge in [-0.15, -0.1) is 11.3 Å². The number of aromatic hydroxyl groups is 1. The first-order chi connectivity index (χ1) is 19.5. The van der Waals surface area contributed by atoms with E-state index in [1.807, 2.05) is 0 Å². The quantitative estimate of drug-likeness (QED) is 0.110. The van der Waals surface area contributed by atoms with Crippen molar-refractivity contribution >= 4 is 33.7 Å². The average molecular weight is 589 g/mol. The number of nitrogens with zero attached hydrogens (tertiary/aromatic N) is 1. The van der Waals surface area contributed by atoms with E-state index >= 15 is 0 Å². The van der Waals surface area contributed by atoms with E-state index in [2.05, 4.69) is 5.32 Å². The van der Waals surface area contributed by atoms with E-state index in [1.54, 1.807) is 12.1 Å². The predicted octanol–water partition coefficient (Wildman–Crippen LogP) is 7.63. The molecule has 41 heavy (non-hydrogen) atoms. The largest absolute Gasteiger partial charge is 0.508 e. The fourth-order valence-corrected chi connectivity index (χ4v) is 4.80. The van der Waals surface area contributed by atoms with E-state index in [0.717, 1.165) is 30.1 Å². The lowest BCUT2D eigenvalue weighted by atomic mass is 10.0. The van der Waals surface area contributed by atoms with Crippen molar-refractivity contribution in [2.24, 2.45) is 0 Å². The van der Waals surface area contributed by atoms with Gasteiger partial charge in [0.25, 0.3) is 5.69 Å². The Labute approximate surface area is 235 Å². The maximum absolute atomic E-state index is 13.5. The molecule has 0 amide bonds. The van der Waals surface area contributed by atoms with Gasteiger partial charge in [0, 0.05) is 23.8 Å². The smallest absolute Gasteiger partial charge is 0.416 e. The van der Waals surface area contributed by atoms with Gasteiger partial charge in [0.15, 0.2) is 4.88 Å². The molecule has 0 spiro atoms. The molecular weight excluding hydrogens is 565 g/mol. The highest BCUT2D eigenvalue weighted by Gasteiger charge is 2.35. The fraction of sp³-hybridized carbons (Fsp3) is 0.179. The molecule has 9 nitrogen and oxygen atoms in total. The normalized spacial score (nSPS) is 11.9. The zero-order valence-electron chi connectivity index (χ0n) is 21.6. The van der Waals surface area contributed by atoms with Crippen LogP contribution >= 0.6 is 11.3 Å². The zero-order chi connectivity index (χ0) is 29.7. The van der Waals surface area contributed by atoms with Crippen LogP contribution in [0.25, 0.3) is 0 Å². The van der Waals surface area contributed by atoms with Crippen LogP contribution in [0.3, 0.4) is 0 Å². The molecule has 0 radical (unpaired) electrons. The number of ether oxygens (including phenoxy) is 3. The maximum Gasteiger partial charge on any atom is 0.416 e. The summed E-state index contributed by atoms with van der Waals surface area (Å²) < 4.78 is 57.0. The number of hydrogen-bond acceptors (Lipinski definition) is 9. The number of halogens is 3. The summed E-state index contributed by atoms with van der Waals surface area (Å²) in [4.78, 5) is 23.5. The van der Waals surface area contributed by atoms with Crippen molar-refractivity contribution in [3.63, 3.8) is 0 Å². The standard InChI is InChI=1S/C28H23F3N2O7S/c1-16(20-5-3-4-6-21(20)28(29,30)31)40-24-14-25(41-26(24)27(35)38-2)32-22-13-19(11-12-23(22)33(36)37)39-15-17-7-9-18(34)10-8-17/h3-14,16,32,34H,15H2,1-2H3. The zero-order valence-corrected chi connectivity index (χ0v) is 22.4. The molecule has 2 N–H and O–H groups in total. The number of esters is 1. The molecule has 1 aromatic heterocycles. The van der Waals surface area contributed by atoms with Crippen molar-refractivity contribution in [3.8, 4) is 17.2 Å². The second kappa shape index (κ2) is 12.2. The van der Waals surface area contributed by atoms with Gasteiger partial charge in [-0.3, -0.25) is 10.1 Å². The molecule has 1 atom stereocenters. The van der Waals surface area contributed by atoms with E-state index in [4.69, 9.17) is 14.2 Å². The van der Waals surface area contributed by atoms with Gasteiger partial charge in [-0.05, 0) is 36.8 Å². The average Bonchev–Trinajstić information content (AvgIpc) is 3.33. The van der Waals surface area contributed by atoms with Gasteiger partial charge in [0.1, 0.15) is 35.6 Å². The molecule has 4 aromatic rings. The number of benzene rings is 3. The molecule has 1 unspecified atom stereocenters. The topological polar surface area (TPSA) is 120 Å². The number of nitro groups is 1. The van der Waals surface area contributed by atoms with E-state index in [9.17, 15) is 33.2 Å². The Hall–Kier alpha value is -4.78. The first-order valence-corrected chi connectivity index (χ1v) is 12.8. The van der Waals surface area contributed by atoms with Crippen molar-refractivity contribution in [1.82, 2.24) is 0 Å². The lowest BCUT2D eigenvalue weighted by molar-refractivity contribution is -0.383. The fourth-order valence-electron chi connectivity index (χ4n) is 3.88. The van der Waals surface area contributed by atoms with E-state index in [-0.39, 0.29) is 44.9 Å². The Bertz CT molecular complexity index is 1560. The van der Waals surface area contributed by atoms with Crippen molar-refractivity contribution in [2.75, 3.05) is 12.4 Å². The monoisotopic (exact) mass is 588 g/mol. The summed E-state index contributed by atoms with van der Waals surface area (Å²) >= 11 is 0.852. The van der Waals surface area contributed by atoms with Crippen molar-refractivity contribution in [2.45, 2.75) is 25.8 Å². The highest BCUT2D eigenvalue weighted by Crippen LogP contribution is 2.42. The van der Waals surface area contributed by atoms with Crippen LogP contribution in [0.2, 0.25) is 0 Å². The first kappa shape index (κ1) is 29.2. The summed E-state index contributed by atoms with van der Waals surface area (Å²) in [7, 11) is 1.14. The molecule has 0 bridgehead atoms. The van der Waals surface area contributed by atoms with Gasteiger partial charge in [-0.2, -0.15) is 13.2 Å². The Kier molecular flexibility index (Phi) is 8.67. The number of thiophene rings is 1. The van der Waals surface area contributed by atoms with Gasteiger partial charge < -0.3 is 24.6 Å². The molecule has 0 saturated carbocycles. The number of rotatable bonds is 10. The van der Waals surface area contributed by atoms with Gasteiger partial charge in [0.2, 0.25) is 0 Å². The molecule has 0 saturated heterocycles. The number of nitrogens with one attached hydrogen (secondary N) is 1. The highest BCUT2D eigenvalue weighted by atomic mass is 32.1. The molecule has 0 fully saturated rings. The summed E-state index contributed by atoms with van der Waals surface area (Å²) in [5, 5.41) is 24.2. The molecule has 13 heteroatoms. The summed E-state index contributed by atoms with van der Waals surface area (Å²) in [5.41, 5.74) is -0.506. The van der Waals surface area contributed by atoms with Gasteiger partial charge >= 0.3 is 12.1 Å². The van der Waals surface area contributed by atoms with Crippen molar-refractivity contribution in [3.05, 3.63) is 104 Å². The minimum Gasteiger partial charge on any atom is -0.508 e. The second-order valence-corrected chi connectivity index (χ2v) is 9.71. The molecule has 4 rings (SSSR count). The molecule has 3 aromatic carbocycles. The van der Waals surface area contributed by atoms with Crippen LogP contribution in [-0.4, -0.2) is 23.1 Å². The van der Waals surface area contributed by atoms with Crippen molar-refractivity contribution < 1.29 is 42.2 Å². The number of nitro benzene ring substituents is 1. The third kappa shape index (κ3) is 7.06. The van der Waals surface area contributed by atoms with E-state index < -0.39 is 28.7 Å². The SMILES string of the molecule is COC(=O)c1sc(Nc2cc(OCc3ccc(O)cc3)ccc2[N+](=O)[O-])cc1OC(C)c1ccccc1C(F)(F)F. The van der Waals surface area contributed by atoms with Crippen LogP contribution in [0.5, 0.6) is 17.2 Å². The van der Waals surface area contributed by atoms with Gasteiger partial charge in [0.05, 0.1) is 22.6 Å². The number of carbonyl (C=O) groups is 1. The van der Waals surface area contributed by atoms with E-state index in [0.29, 0.717) is 5.75 Å². The Morgan fingerprint density at radius 3 is 2.46 bits per heavy atom. The second-order valence-electron chi connectivity index (χ2n) is 8.66. The van der Waals surface area contributed by atoms with Crippen LogP contribution in [0.4, 0.5) is 29.5 Å². The van der Waals surface area contributed by atoms with Crippen LogP contribution in [-0.2, 0) is 17.5 Å². The molecule has 0 aliphatic heterocycles. The number of alkyl halides is 3. The minimum absolute atomic E-state index is 0.0397. The van der Waals surface area contributed by atoms with Crippen molar-refractivity contribution in [1.29, 1.82) is 0 Å². The summed E-state index contributed by atoms with van der Waals surface area (Å²) in [6, 6.07) is 16.7. The lowest BCUT2D eigenvalue weighted by Gasteiger charge is -2.19. The Balaban J connectivity index is 1.62.